The van der Waals surface area contributed by atoms with Gasteiger partial charge in [0, 0.05) is 13.2 Å². The van der Waals surface area contributed by atoms with Crippen LogP contribution in [0.3, 0.4) is 0 Å². The molecule has 1 N–H and O–H groups in total. The van der Waals surface area contributed by atoms with E-state index in [-0.39, 0.29) is 5.56 Å². The predicted octanol–water partition coefficient (Wildman–Crippen LogP) is 4.24. The molecule has 26 heavy (non-hydrogen) atoms. The fourth-order valence-corrected chi connectivity index (χ4v) is 4.09. The van der Waals surface area contributed by atoms with Gasteiger partial charge in [-0.25, -0.2) is 4.98 Å². The topological polar surface area (TPSA) is 64.2 Å². The first kappa shape index (κ1) is 18.9. The van der Waals surface area contributed by atoms with E-state index in [9.17, 15) is 4.79 Å². The van der Waals surface area contributed by atoms with E-state index < -0.39 is 0 Å². The second kappa shape index (κ2) is 9.17. The van der Waals surface area contributed by atoms with Gasteiger partial charge < -0.3 is 14.5 Å². The molecule has 0 aliphatic heterocycles. The molecule has 2 atom stereocenters. The number of nitrogens with one attached hydrogen (secondary N) is 1. The van der Waals surface area contributed by atoms with E-state index in [1.165, 1.54) is 38.5 Å². The Morgan fingerprint density at radius 1 is 1.15 bits per heavy atom. The monoisotopic (exact) mass is 358 g/mol. The van der Waals surface area contributed by atoms with Crippen molar-refractivity contribution in [1.29, 1.82) is 0 Å². The van der Waals surface area contributed by atoms with Gasteiger partial charge in [-0.05, 0) is 50.2 Å². The van der Waals surface area contributed by atoms with Crippen LogP contribution in [0.5, 0.6) is 5.75 Å². The lowest BCUT2D eigenvalue weighted by atomic mass is 9.83. The van der Waals surface area contributed by atoms with E-state index in [0.29, 0.717) is 17.7 Å². The van der Waals surface area contributed by atoms with Gasteiger partial charge in [-0.15, -0.1) is 0 Å². The van der Waals surface area contributed by atoms with E-state index in [1.54, 1.807) is 7.11 Å². The Morgan fingerprint density at radius 3 is 2.81 bits per heavy atom. The van der Waals surface area contributed by atoms with Crippen molar-refractivity contribution in [3.8, 4) is 5.75 Å². The third-order valence-electron chi connectivity index (χ3n) is 5.60. The highest BCUT2D eigenvalue weighted by Crippen LogP contribution is 2.30. The molecule has 0 spiro atoms. The van der Waals surface area contributed by atoms with Crippen LogP contribution in [0.4, 0.5) is 0 Å². The van der Waals surface area contributed by atoms with E-state index in [2.05, 4.69) is 9.97 Å². The molecule has 1 aromatic carbocycles. The van der Waals surface area contributed by atoms with E-state index in [4.69, 9.17) is 9.47 Å². The maximum Gasteiger partial charge on any atom is 0.270 e. The minimum atomic E-state index is -0.0857. The molecule has 1 aliphatic carbocycles. The van der Waals surface area contributed by atoms with Crippen molar-refractivity contribution in [2.24, 2.45) is 5.92 Å². The number of hydrogen-bond donors (Lipinski definition) is 1. The average molecular weight is 358 g/mol. The van der Waals surface area contributed by atoms with E-state index in [0.717, 1.165) is 36.0 Å². The van der Waals surface area contributed by atoms with Gasteiger partial charge in [0.1, 0.15) is 11.4 Å². The predicted molar refractivity (Wildman–Crippen MR) is 104 cm³/mol. The van der Waals surface area contributed by atoms with Crippen LogP contribution in [0.1, 0.15) is 57.1 Å². The molecule has 142 valence electrons. The Hall–Kier alpha value is -1.88. The van der Waals surface area contributed by atoms with Crippen LogP contribution in [-0.2, 0) is 11.2 Å². The van der Waals surface area contributed by atoms with Gasteiger partial charge in [0.25, 0.3) is 5.56 Å². The first-order chi connectivity index (χ1) is 12.7. The van der Waals surface area contributed by atoms with Gasteiger partial charge in [0.2, 0.25) is 0 Å². The molecule has 0 saturated heterocycles. The fourth-order valence-electron chi connectivity index (χ4n) is 4.09. The summed E-state index contributed by atoms with van der Waals surface area (Å²) in [5.74, 6) is 1.44. The highest BCUT2D eigenvalue weighted by molar-refractivity contribution is 5.75. The number of hydrogen-bond acceptors (Lipinski definition) is 4. The van der Waals surface area contributed by atoms with Crippen molar-refractivity contribution in [2.45, 2.75) is 63.9 Å². The zero-order chi connectivity index (χ0) is 18.4. The largest absolute Gasteiger partial charge is 0.497 e. The molecule has 5 heteroatoms. The smallest absolute Gasteiger partial charge is 0.270 e. The lowest BCUT2D eigenvalue weighted by Gasteiger charge is -2.30. The fraction of sp³-hybridized carbons (Fsp3) is 0.619. The molecule has 1 aliphatic rings. The van der Waals surface area contributed by atoms with Crippen LogP contribution >= 0.6 is 0 Å². The molecule has 1 fully saturated rings. The van der Waals surface area contributed by atoms with Crippen LogP contribution in [0, 0.1) is 5.92 Å². The average Bonchev–Trinajstić information content (AvgIpc) is 2.67. The molecule has 1 heterocycles. The number of aromatic nitrogens is 2. The van der Waals surface area contributed by atoms with Gasteiger partial charge in [0.15, 0.2) is 0 Å². The Morgan fingerprint density at radius 2 is 2.00 bits per heavy atom. The second-order valence-corrected chi connectivity index (χ2v) is 7.31. The Labute approximate surface area is 155 Å². The van der Waals surface area contributed by atoms with Crippen molar-refractivity contribution in [3.05, 3.63) is 34.2 Å². The molecular weight excluding hydrogens is 328 g/mol. The van der Waals surface area contributed by atoms with Crippen molar-refractivity contribution in [1.82, 2.24) is 9.97 Å². The summed E-state index contributed by atoms with van der Waals surface area (Å²) >= 11 is 0. The molecule has 2 aromatic rings. The first-order valence-corrected chi connectivity index (χ1v) is 9.81. The Kier molecular flexibility index (Phi) is 6.67. The van der Waals surface area contributed by atoms with Crippen LogP contribution in [0.2, 0.25) is 0 Å². The maximum atomic E-state index is 12.3. The molecule has 0 radical (unpaired) electrons. The third-order valence-corrected chi connectivity index (χ3v) is 5.60. The van der Waals surface area contributed by atoms with E-state index in [1.807, 2.05) is 25.3 Å². The summed E-state index contributed by atoms with van der Waals surface area (Å²) in [6, 6.07) is 5.57. The second-order valence-electron chi connectivity index (χ2n) is 7.31. The summed E-state index contributed by atoms with van der Waals surface area (Å²) < 4.78 is 10.8. The Bertz CT molecular complexity index is 771. The number of rotatable bonds is 8. The molecule has 1 saturated carbocycles. The molecule has 0 bridgehead atoms. The minimum absolute atomic E-state index is 0.0857. The summed E-state index contributed by atoms with van der Waals surface area (Å²) in [6.45, 7) is 0. The standard InChI is InChI=1S/C21H30N2O3/c1-25-16-12-13-17-19(14-16)23-21(24)18(22-17)10-5-3-4-8-15-9-6-7-11-20(15)26-2/h12-15,20H,3-11H2,1-2H3,(H,23,24)/t15?,20-/m1/s1. The van der Waals surface area contributed by atoms with Gasteiger partial charge >= 0.3 is 0 Å². The molecule has 5 nitrogen and oxygen atoms in total. The number of H-pyrrole nitrogens is 1. The van der Waals surface area contributed by atoms with Crippen LogP contribution < -0.4 is 10.3 Å². The van der Waals surface area contributed by atoms with Gasteiger partial charge in [0.05, 0.1) is 24.2 Å². The van der Waals surface area contributed by atoms with Crippen molar-refractivity contribution in [3.63, 3.8) is 0 Å². The first-order valence-electron chi connectivity index (χ1n) is 9.81. The third kappa shape index (κ3) is 4.64. The number of fused-ring (bicyclic) bond motifs is 1. The summed E-state index contributed by atoms with van der Waals surface area (Å²) in [6.07, 6.45) is 10.9. The molecule has 1 aromatic heterocycles. The number of aromatic amines is 1. The summed E-state index contributed by atoms with van der Waals surface area (Å²) in [5, 5.41) is 0. The summed E-state index contributed by atoms with van der Waals surface area (Å²) in [7, 11) is 3.46. The quantitative estimate of drug-likeness (QED) is 0.717. The summed E-state index contributed by atoms with van der Waals surface area (Å²) in [4.78, 5) is 19.7. The number of methoxy groups -OCH3 is 2. The van der Waals surface area contributed by atoms with Crippen LogP contribution in [-0.4, -0.2) is 30.3 Å². The highest BCUT2D eigenvalue weighted by atomic mass is 16.5. The SMILES string of the molecule is COc1ccc2nc(CCCCCC3CCCC[C@H]3OC)c(=O)[nH]c2c1. The number of unbranched alkanes of at least 4 members (excludes halogenated alkanes) is 2. The molecular formula is C21H30N2O3. The van der Waals surface area contributed by atoms with E-state index >= 15 is 0 Å². The summed E-state index contributed by atoms with van der Waals surface area (Å²) in [5.41, 5.74) is 2.08. The zero-order valence-corrected chi connectivity index (χ0v) is 15.9. The zero-order valence-electron chi connectivity index (χ0n) is 15.9. The van der Waals surface area contributed by atoms with Gasteiger partial charge in [-0.1, -0.05) is 25.7 Å². The van der Waals surface area contributed by atoms with Gasteiger partial charge in [-0.3, -0.25) is 4.79 Å². The molecule has 0 amide bonds. The van der Waals surface area contributed by atoms with Crippen molar-refractivity contribution >= 4 is 11.0 Å². The van der Waals surface area contributed by atoms with Gasteiger partial charge in [-0.2, -0.15) is 0 Å². The number of aryl methyl sites for hydroxylation is 1. The molecule has 3 rings (SSSR count). The van der Waals surface area contributed by atoms with Crippen LogP contribution in [0.15, 0.2) is 23.0 Å². The maximum absolute atomic E-state index is 12.3. The lowest BCUT2D eigenvalue weighted by Crippen LogP contribution is -2.26. The Balaban J connectivity index is 1.50. The number of benzene rings is 1. The van der Waals surface area contributed by atoms with Crippen molar-refractivity contribution in [2.75, 3.05) is 14.2 Å². The van der Waals surface area contributed by atoms with Crippen molar-refractivity contribution < 1.29 is 9.47 Å². The lowest BCUT2D eigenvalue weighted by molar-refractivity contribution is 0.0194. The normalized spacial score (nSPS) is 20.4. The van der Waals surface area contributed by atoms with Crippen LogP contribution in [0.25, 0.3) is 11.0 Å². The minimum Gasteiger partial charge on any atom is -0.497 e. The highest BCUT2D eigenvalue weighted by Gasteiger charge is 2.24. The number of nitrogens with zero attached hydrogens (tertiary/aromatic N) is 1. The number of ether oxygens (including phenoxy) is 2. The molecule has 1 unspecified atom stereocenters.